The van der Waals surface area contributed by atoms with E-state index in [2.05, 4.69) is 17.1 Å². The summed E-state index contributed by atoms with van der Waals surface area (Å²) >= 11 is 2.10. The summed E-state index contributed by atoms with van der Waals surface area (Å²) in [5.41, 5.74) is 6.38. The maximum atomic E-state index is 5.79. The van der Waals surface area contributed by atoms with Crippen molar-refractivity contribution >= 4 is 11.8 Å². The molecule has 12 heavy (non-hydrogen) atoms. The van der Waals surface area contributed by atoms with E-state index < -0.39 is 0 Å². The Hall–Kier alpha value is 0.270. The number of nitrogens with two attached hydrogens (primary N) is 1. The highest BCUT2D eigenvalue weighted by Gasteiger charge is 2.42. The van der Waals surface area contributed by atoms with Crippen LogP contribution in [0.2, 0.25) is 0 Å². The van der Waals surface area contributed by atoms with Gasteiger partial charge in [0.25, 0.3) is 0 Å². The fourth-order valence-electron chi connectivity index (χ4n) is 2.55. The largest absolute Gasteiger partial charge is 0.330 e. The molecule has 0 radical (unpaired) electrons. The van der Waals surface area contributed by atoms with E-state index in [0.29, 0.717) is 5.41 Å². The van der Waals surface area contributed by atoms with Crippen molar-refractivity contribution < 1.29 is 0 Å². The van der Waals surface area contributed by atoms with E-state index in [1.165, 1.54) is 30.9 Å². The number of nitrogens with one attached hydrogen (secondary N) is 1. The second-order valence-electron chi connectivity index (χ2n) is 4.04. The molecular formula is C9H18N2S. The molecule has 0 saturated carbocycles. The molecule has 2 saturated heterocycles. The van der Waals surface area contributed by atoms with Gasteiger partial charge in [-0.15, -0.1) is 0 Å². The predicted octanol–water partition coefficient (Wildman–Crippen LogP) is 0.678. The van der Waals surface area contributed by atoms with Gasteiger partial charge in [0, 0.05) is 6.54 Å². The van der Waals surface area contributed by atoms with Gasteiger partial charge >= 0.3 is 0 Å². The van der Waals surface area contributed by atoms with Crippen LogP contribution in [-0.2, 0) is 0 Å². The molecule has 0 aromatic rings. The van der Waals surface area contributed by atoms with Crippen LogP contribution in [0.5, 0.6) is 0 Å². The first kappa shape index (κ1) is 8.85. The smallest absolute Gasteiger partial charge is 0.00121 e. The third-order valence-electron chi connectivity index (χ3n) is 3.51. The van der Waals surface area contributed by atoms with Gasteiger partial charge in [0.15, 0.2) is 0 Å². The van der Waals surface area contributed by atoms with E-state index in [0.717, 1.165) is 19.0 Å². The van der Waals surface area contributed by atoms with E-state index in [1.807, 2.05) is 0 Å². The monoisotopic (exact) mass is 186 g/mol. The normalized spacial score (nSPS) is 34.2. The maximum absolute atomic E-state index is 5.79. The van der Waals surface area contributed by atoms with Gasteiger partial charge in [0.05, 0.1) is 0 Å². The summed E-state index contributed by atoms with van der Waals surface area (Å²) < 4.78 is 0. The molecule has 2 nitrogen and oxygen atoms in total. The third-order valence-corrected chi connectivity index (χ3v) is 4.49. The average Bonchev–Trinajstić information content (AvgIpc) is 2.49. The zero-order chi connectivity index (χ0) is 8.44. The van der Waals surface area contributed by atoms with E-state index in [1.54, 1.807) is 0 Å². The minimum atomic E-state index is 0.583. The predicted molar refractivity (Wildman–Crippen MR) is 54.4 cm³/mol. The molecule has 0 aromatic carbocycles. The molecule has 70 valence electrons. The molecule has 2 rings (SSSR count). The zero-order valence-electron chi connectivity index (χ0n) is 7.51. The van der Waals surface area contributed by atoms with Crippen LogP contribution in [-0.4, -0.2) is 31.1 Å². The summed E-state index contributed by atoms with van der Waals surface area (Å²) in [6.45, 7) is 3.24. The molecule has 3 heteroatoms. The van der Waals surface area contributed by atoms with Crippen molar-refractivity contribution in [3.63, 3.8) is 0 Å². The van der Waals surface area contributed by atoms with Crippen LogP contribution in [0.15, 0.2) is 0 Å². The Bertz CT molecular complexity index is 155. The summed E-state index contributed by atoms with van der Waals surface area (Å²) in [5.74, 6) is 3.44. The van der Waals surface area contributed by atoms with Crippen LogP contribution in [0.25, 0.3) is 0 Å². The van der Waals surface area contributed by atoms with E-state index in [4.69, 9.17) is 5.73 Å². The average molecular weight is 186 g/mol. The Morgan fingerprint density at radius 3 is 2.83 bits per heavy atom. The highest BCUT2D eigenvalue weighted by Crippen LogP contribution is 2.42. The highest BCUT2D eigenvalue weighted by molar-refractivity contribution is 7.99. The lowest BCUT2D eigenvalue weighted by molar-refractivity contribution is 0.210. The maximum Gasteiger partial charge on any atom is 0.00121 e. The zero-order valence-corrected chi connectivity index (χ0v) is 8.33. The van der Waals surface area contributed by atoms with Gasteiger partial charge in [-0.25, -0.2) is 0 Å². The van der Waals surface area contributed by atoms with Gasteiger partial charge in [-0.05, 0) is 48.8 Å². The summed E-state index contributed by atoms with van der Waals surface area (Å²) in [6.07, 6.45) is 2.76. The standard InChI is InChI=1S/C9H18N2S/c10-5-8-6-11-7-9(8)1-3-12-4-2-9/h8,11H,1-7,10H2. The molecule has 0 bridgehead atoms. The van der Waals surface area contributed by atoms with Gasteiger partial charge in [-0.2, -0.15) is 11.8 Å². The molecule has 1 unspecified atom stereocenters. The van der Waals surface area contributed by atoms with Crippen LogP contribution in [0.1, 0.15) is 12.8 Å². The highest BCUT2D eigenvalue weighted by atomic mass is 32.2. The Morgan fingerprint density at radius 2 is 2.17 bits per heavy atom. The molecule has 3 N–H and O–H groups in total. The van der Waals surface area contributed by atoms with Gasteiger partial charge < -0.3 is 11.1 Å². The van der Waals surface area contributed by atoms with Crippen molar-refractivity contribution in [1.29, 1.82) is 0 Å². The number of rotatable bonds is 1. The Kier molecular flexibility index (Phi) is 2.63. The molecule has 2 heterocycles. The van der Waals surface area contributed by atoms with Crippen LogP contribution in [0.3, 0.4) is 0 Å². The quantitative estimate of drug-likeness (QED) is 0.632. The van der Waals surface area contributed by atoms with E-state index in [9.17, 15) is 0 Å². The molecule has 2 fully saturated rings. The number of thioether (sulfide) groups is 1. The first-order valence-electron chi connectivity index (χ1n) is 4.86. The Labute approximate surface area is 78.7 Å². The van der Waals surface area contributed by atoms with Crippen LogP contribution in [0.4, 0.5) is 0 Å². The summed E-state index contributed by atoms with van der Waals surface area (Å²) in [7, 11) is 0. The fraction of sp³-hybridized carbons (Fsp3) is 1.00. The molecule has 2 aliphatic heterocycles. The van der Waals surface area contributed by atoms with Crippen molar-refractivity contribution in [3.8, 4) is 0 Å². The van der Waals surface area contributed by atoms with E-state index >= 15 is 0 Å². The first-order valence-corrected chi connectivity index (χ1v) is 6.01. The van der Waals surface area contributed by atoms with Gasteiger partial charge in [-0.3, -0.25) is 0 Å². The number of hydrogen-bond donors (Lipinski definition) is 2. The second kappa shape index (κ2) is 3.56. The van der Waals surface area contributed by atoms with Gasteiger partial charge in [0.2, 0.25) is 0 Å². The van der Waals surface area contributed by atoms with Crippen LogP contribution >= 0.6 is 11.8 Å². The summed E-state index contributed by atoms with van der Waals surface area (Å²) in [6, 6.07) is 0. The van der Waals surface area contributed by atoms with Crippen molar-refractivity contribution in [2.24, 2.45) is 17.1 Å². The fourth-order valence-corrected chi connectivity index (χ4v) is 3.86. The molecule has 2 aliphatic rings. The molecule has 0 aliphatic carbocycles. The second-order valence-corrected chi connectivity index (χ2v) is 5.26. The first-order chi connectivity index (χ1) is 5.87. The minimum Gasteiger partial charge on any atom is -0.330 e. The van der Waals surface area contributed by atoms with Crippen molar-refractivity contribution in [2.45, 2.75) is 12.8 Å². The van der Waals surface area contributed by atoms with Gasteiger partial charge in [0.1, 0.15) is 0 Å². The van der Waals surface area contributed by atoms with Crippen molar-refractivity contribution in [1.82, 2.24) is 5.32 Å². The SMILES string of the molecule is NCC1CNCC12CCSCC2. The molecule has 0 amide bonds. The lowest BCUT2D eigenvalue weighted by Gasteiger charge is -2.37. The topological polar surface area (TPSA) is 38.0 Å². The molecule has 1 atom stereocenters. The van der Waals surface area contributed by atoms with Crippen molar-refractivity contribution in [2.75, 3.05) is 31.1 Å². The van der Waals surface area contributed by atoms with E-state index in [-0.39, 0.29) is 0 Å². The lowest BCUT2D eigenvalue weighted by Crippen LogP contribution is -2.37. The molecule has 0 aromatic heterocycles. The molecular weight excluding hydrogens is 168 g/mol. The Balaban J connectivity index is 2.05. The lowest BCUT2D eigenvalue weighted by atomic mass is 9.73. The summed E-state index contributed by atoms with van der Waals surface area (Å²) in [5, 5.41) is 3.49. The van der Waals surface area contributed by atoms with Gasteiger partial charge in [-0.1, -0.05) is 0 Å². The molecule has 1 spiro atoms. The van der Waals surface area contributed by atoms with Crippen molar-refractivity contribution in [3.05, 3.63) is 0 Å². The summed E-state index contributed by atoms with van der Waals surface area (Å²) in [4.78, 5) is 0. The Morgan fingerprint density at radius 1 is 1.42 bits per heavy atom. The van der Waals surface area contributed by atoms with Crippen LogP contribution < -0.4 is 11.1 Å². The van der Waals surface area contributed by atoms with Crippen LogP contribution in [0, 0.1) is 11.3 Å². The minimum absolute atomic E-state index is 0.583. The number of hydrogen-bond acceptors (Lipinski definition) is 3. The third kappa shape index (κ3) is 1.38.